The number of hydrogen-bond donors (Lipinski definition) is 1. The molecule has 0 saturated heterocycles. The number of aliphatic hydroxyl groups is 1. The topological polar surface area (TPSA) is 124 Å². The van der Waals surface area contributed by atoms with Gasteiger partial charge < -0.3 is 19.4 Å². The highest BCUT2D eigenvalue weighted by molar-refractivity contribution is 5.98. The van der Waals surface area contributed by atoms with Crippen LogP contribution in [0.4, 0.5) is 0 Å². The van der Waals surface area contributed by atoms with E-state index in [1.54, 1.807) is 6.92 Å². The Morgan fingerprint density at radius 1 is 1.14 bits per heavy atom. The van der Waals surface area contributed by atoms with Gasteiger partial charge in [0.25, 0.3) is 6.47 Å². The molecule has 8 nitrogen and oxygen atoms in total. The Bertz CT molecular complexity index is 569. The maximum atomic E-state index is 12.6. The van der Waals surface area contributed by atoms with Gasteiger partial charge in [0.2, 0.25) is 0 Å². The highest BCUT2D eigenvalue weighted by Gasteiger charge is 2.40. The third kappa shape index (κ3) is 8.85. The predicted molar refractivity (Wildman–Crippen MR) is 105 cm³/mol. The quantitative estimate of drug-likeness (QED) is 0.176. The molecule has 0 aromatic rings. The summed E-state index contributed by atoms with van der Waals surface area (Å²) >= 11 is 0. The summed E-state index contributed by atoms with van der Waals surface area (Å²) in [4.78, 5) is 57.9. The van der Waals surface area contributed by atoms with Crippen LogP contribution in [0.5, 0.6) is 0 Å². The fraction of sp³-hybridized carbons (Fsp3) is 0.762. The lowest BCUT2D eigenvalue weighted by Gasteiger charge is -2.36. The first kappa shape index (κ1) is 26.9. The number of carbonyl (C=O) groups excluding carboxylic acids is 5. The summed E-state index contributed by atoms with van der Waals surface area (Å²) in [7, 11) is 0. The second-order valence-electron chi connectivity index (χ2n) is 7.76. The van der Waals surface area contributed by atoms with Gasteiger partial charge in [-0.2, -0.15) is 0 Å². The van der Waals surface area contributed by atoms with Crippen molar-refractivity contribution >= 4 is 30.3 Å². The highest BCUT2D eigenvalue weighted by Crippen LogP contribution is 2.31. The summed E-state index contributed by atoms with van der Waals surface area (Å²) in [6.07, 6.45) is 2.00. The largest absolute Gasteiger partial charge is 0.467 e. The van der Waals surface area contributed by atoms with Crippen molar-refractivity contribution in [2.24, 2.45) is 23.7 Å². The molecule has 29 heavy (non-hydrogen) atoms. The number of esters is 1. The van der Waals surface area contributed by atoms with Crippen molar-refractivity contribution in [2.45, 2.75) is 65.9 Å². The van der Waals surface area contributed by atoms with E-state index in [2.05, 4.69) is 4.74 Å². The molecule has 0 heterocycles. The summed E-state index contributed by atoms with van der Waals surface area (Å²) in [6, 6.07) is 0. The van der Waals surface area contributed by atoms with Crippen molar-refractivity contribution < 1.29 is 38.6 Å². The molecule has 8 heteroatoms. The molecule has 0 bridgehead atoms. The zero-order valence-electron chi connectivity index (χ0n) is 18.0. The number of carbonyl (C=O) groups is 5. The molecule has 0 rings (SSSR count). The van der Waals surface area contributed by atoms with E-state index in [-0.39, 0.29) is 37.6 Å². The Kier molecular flexibility index (Phi) is 12.2. The Hall–Kier alpha value is -2.09. The van der Waals surface area contributed by atoms with Crippen LogP contribution in [0.1, 0.15) is 60.3 Å². The summed E-state index contributed by atoms with van der Waals surface area (Å²) < 4.78 is 9.55. The lowest BCUT2D eigenvalue weighted by molar-refractivity contribution is -0.162. The van der Waals surface area contributed by atoms with E-state index in [4.69, 9.17) is 4.74 Å². The molecule has 0 radical (unpaired) electrons. The predicted octanol–water partition coefficient (Wildman–Crippen LogP) is 1.90. The number of ether oxygens (including phenoxy) is 2. The number of ketones is 2. The monoisotopic (exact) mass is 414 g/mol. The lowest BCUT2D eigenvalue weighted by atomic mass is 9.74. The summed E-state index contributed by atoms with van der Waals surface area (Å²) in [5.41, 5.74) is -1.62. The van der Waals surface area contributed by atoms with E-state index in [1.807, 2.05) is 13.8 Å². The van der Waals surface area contributed by atoms with Crippen molar-refractivity contribution in [3.63, 3.8) is 0 Å². The smallest absolute Gasteiger partial charge is 0.316 e. The molecule has 5 atom stereocenters. The molecule has 0 aliphatic carbocycles. The zero-order chi connectivity index (χ0) is 22.6. The van der Waals surface area contributed by atoms with Crippen LogP contribution in [-0.2, 0) is 33.4 Å². The molecule has 0 aliphatic rings. The van der Waals surface area contributed by atoms with Gasteiger partial charge in [-0.1, -0.05) is 27.2 Å². The van der Waals surface area contributed by atoms with Gasteiger partial charge in [0.05, 0.1) is 12.2 Å². The number of rotatable bonds is 16. The molecule has 3 unspecified atom stereocenters. The van der Waals surface area contributed by atoms with Crippen LogP contribution in [0.15, 0.2) is 0 Å². The van der Waals surface area contributed by atoms with E-state index in [0.29, 0.717) is 12.7 Å². The normalized spacial score (nSPS) is 17.2. The molecule has 0 spiro atoms. The molecular formula is C21H34O8. The van der Waals surface area contributed by atoms with Gasteiger partial charge in [-0.3, -0.25) is 19.2 Å². The molecule has 0 amide bonds. The fourth-order valence-corrected chi connectivity index (χ4v) is 3.33. The Balaban J connectivity index is 5.04. The maximum Gasteiger partial charge on any atom is 0.316 e. The average molecular weight is 414 g/mol. The van der Waals surface area contributed by atoms with Crippen molar-refractivity contribution in [1.82, 2.24) is 0 Å². The van der Waals surface area contributed by atoms with Gasteiger partial charge in [-0.25, -0.2) is 0 Å². The minimum absolute atomic E-state index is 0.0518. The average Bonchev–Trinajstić information content (AvgIpc) is 2.68. The summed E-state index contributed by atoms with van der Waals surface area (Å²) in [5.74, 6) is -3.96. The van der Waals surface area contributed by atoms with Crippen LogP contribution >= 0.6 is 0 Å². The van der Waals surface area contributed by atoms with Crippen molar-refractivity contribution in [3.8, 4) is 0 Å². The van der Waals surface area contributed by atoms with Crippen molar-refractivity contribution in [2.75, 3.05) is 13.2 Å². The van der Waals surface area contributed by atoms with Crippen molar-refractivity contribution in [1.29, 1.82) is 0 Å². The third-order valence-electron chi connectivity index (χ3n) is 5.29. The molecule has 0 aromatic carbocycles. The van der Waals surface area contributed by atoms with E-state index >= 15 is 0 Å². The third-order valence-corrected chi connectivity index (χ3v) is 5.29. The van der Waals surface area contributed by atoms with Gasteiger partial charge in [-0.05, 0) is 20.3 Å². The fourth-order valence-electron chi connectivity index (χ4n) is 3.33. The minimum atomic E-state index is -1.62. The van der Waals surface area contributed by atoms with E-state index in [0.717, 1.165) is 6.42 Å². The lowest BCUT2D eigenvalue weighted by Crippen LogP contribution is -2.46. The number of aldehydes is 1. The van der Waals surface area contributed by atoms with Crippen molar-refractivity contribution in [3.05, 3.63) is 0 Å². The molecule has 0 aliphatic heterocycles. The SMILES string of the molecule is CCC[C@@H](C)C(=O)C(C)C(CC=O)[C@](C)(O)COC(=O)C(C)C(=O)CCOC=O. The van der Waals surface area contributed by atoms with E-state index in [9.17, 15) is 29.1 Å². The summed E-state index contributed by atoms with van der Waals surface area (Å²) in [5, 5.41) is 10.8. The van der Waals surface area contributed by atoms with Crippen LogP contribution in [-0.4, -0.2) is 54.2 Å². The highest BCUT2D eigenvalue weighted by atomic mass is 16.5. The maximum absolute atomic E-state index is 12.6. The molecule has 0 aromatic heterocycles. The number of Topliss-reactive ketones (excluding diaryl/α,β-unsaturated/α-hetero) is 2. The van der Waals surface area contributed by atoms with Crippen LogP contribution in [0.3, 0.4) is 0 Å². The Labute approximate surface area is 172 Å². The molecular weight excluding hydrogens is 380 g/mol. The standard InChI is InChI=1S/C21H34O8/c1-6-7-14(2)19(25)15(3)17(8-10-22)21(5,27)12-29-20(26)16(4)18(24)9-11-28-13-23/h10,13-17,27H,6-9,11-12H2,1-5H3/t14-,15?,16?,17?,21-/m1/s1. The van der Waals surface area contributed by atoms with Gasteiger partial charge in [-0.15, -0.1) is 0 Å². The zero-order valence-corrected chi connectivity index (χ0v) is 18.0. The first-order chi connectivity index (χ1) is 13.5. The summed E-state index contributed by atoms with van der Waals surface area (Å²) in [6.45, 7) is 7.86. The molecule has 0 fully saturated rings. The van der Waals surface area contributed by atoms with Gasteiger partial charge >= 0.3 is 5.97 Å². The molecule has 1 N–H and O–H groups in total. The van der Waals surface area contributed by atoms with Crippen LogP contribution in [0.2, 0.25) is 0 Å². The Morgan fingerprint density at radius 3 is 2.28 bits per heavy atom. The van der Waals surface area contributed by atoms with Crippen LogP contribution in [0, 0.1) is 23.7 Å². The van der Waals surface area contributed by atoms with Gasteiger partial charge in [0.15, 0.2) is 0 Å². The first-order valence-electron chi connectivity index (χ1n) is 9.97. The first-order valence-corrected chi connectivity index (χ1v) is 9.97. The second-order valence-corrected chi connectivity index (χ2v) is 7.76. The minimum Gasteiger partial charge on any atom is -0.467 e. The van der Waals surface area contributed by atoms with Crippen LogP contribution < -0.4 is 0 Å². The molecule has 0 saturated carbocycles. The second kappa shape index (κ2) is 13.2. The molecule has 166 valence electrons. The Morgan fingerprint density at radius 2 is 1.76 bits per heavy atom. The van der Waals surface area contributed by atoms with E-state index in [1.165, 1.54) is 13.8 Å². The van der Waals surface area contributed by atoms with Gasteiger partial charge in [0.1, 0.15) is 30.4 Å². The van der Waals surface area contributed by atoms with Gasteiger partial charge in [0, 0.05) is 30.6 Å². The van der Waals surface area contributed by atoms with E-state index < -0.39 is 41.7 Å². The number of hydrogen-bond acceptors (Lipinski definition) is 8. The van der Waals surface area contributed by atoms with Crippen LogP contribution in [0.25, 0.3) is 0 Å².